The molecule has 0 saturated heterocycles. The Morgan fingerprint density at radius 3 is 2.88 bits per heavy atom. The Morgan fingerprint density at radius 2 is 2.31 bits per heavy atom. The van der Waals surface area contributed by atoms with Crippen LogP contribution in [0.25, 0.3) is 0 Å². The number of nitro benzene ring substituents is 1. The van der Waals surface area contributed by atoms with Gasteiger partial charge in [0.15, 0.2) is 0 Å². The van der Waals surface area contributed by atoms with Gasteiger partial charge in [0.1, 0.15) is 6.04 Å². The first-order valence-corrected chi connectivity index (χ1v) is 5.10. The number of nitriles is 1. The van der Waals surface area contributed by atoms with Gasteiger partial charge in [0.05, 0.1) is 11.0 Å². The molecule has 1 fully saturated rings. The number of nitrogens with zero attached hydrogens (tertiary/aromatic N) is 2. The topological polar surface area (TPSA) is 79.0 Å². The molecule has 1 unspecified atom stereocenters. The fourth-order valence-electron chi connectivity index (χ4n) is 1.51. The minimum Gasteiger partial charge on any atom is -0.295 e. The monoisotopic (exact) mass is 217 g/mol. The van der Waals surface area contributed by atoms with Crippen molar-refractivity contribution in [3.63, 3.8) is 0 Å². The van der Waals surface area contributed by atoms with Crippen molar-refractivity contribution in [3.05, 3.63) is 39.9 Å². The van der Waals surface area contributed by atoms with E-state index < -0.39 is 11.0 Å². The van der Waals surface area contributed by atoms with E-state index in [9.17, 15) is 10.1 Å². The van der Waals surface area contributed by atoms with Gasteiger partial charge >= 0.3 is 0 Å². The van der Waals surface area contributed by atoms with Gasteiger partial charge in [-0.05, 0) is 18.4 Å². The number of nitro groups is 1. The maximum atomic E-state index is 10.6. The highest BCUT2D eigenvalue weighted by Crippen LogP contribution is 2.25. The predicted octanol–water partition coefficient (Wildman–Crippen LogP) is 1.91. The molecular weight excluding hydrogens is 206 g/mol. The van der Waals surface area contributed by atoms with Gasteiger partial charge in [-0.25, -0.2) is 0 Å². The van der Waals surface area contributed by atoms with E-state index in [-0.39, 0.29) is 5.69 Å². The first-order valence-electron chi connectivity index (χ1n) is 5.10. The third-order valence-corrected chi connectivity index (χ3v) is 2.52. The van der Waals surface area contributed by atoms with Crippen LogP contribution in [0.1, 0.15) is 24.4 Å². The average Bonchev–Trinajstić information content (AvgIpc) is 3.10. The number of rotatable bonds is 4. The van der Waals surface area contributed by atoms with Crippen LogP contribution in [0.3, 0.4) is 0 Å². The van der Waals surface area contributed by atoms with Crippen molar-refractivity contribution in [1.82, 2.24) is 5.32 Å². The van der Waals surface area contributed by atoms with E-state index in [0.717, 1.165) is 12.8 Å². The van der Waals surface area contributed by atoms with Crippen molar-refractivity contribution in [1.29, 1.82) is 5.26 Å². The molecule has 1 aliphatic rings. The van der Waals surface area contributed by atoms with Gasteiger partial charge in [0, 0.05) is 18.2 Å². The highest BCUT2D eigenvalue weighted by atomic mass is 16.6. The molecule has 0 heterocycles. The van der Waals surface area contributed by atoms with E-state index in [1.807, 2.05) is 0 Å². The molecule has 0 spiro atoms. The van der Waals surface area contributed by atoms with Gasteiger partial charge in [-0.3, -0.25) is 15.4 Å². The summed E-state index contributed by atoms with van der Waals surface area (Å²) in [7, 11) is 0. The normalized spacial score (nSPS) is 16.4. The molecule has 2 rings (SSSR count). The van der Waals surface area contributed by atoms with Crippen molar-refractivity contribution in [2.75, 3.05) is 0 Å². The zero-order valence-electron chi connectivity index (χ0n) is 8.59. The average molecular weight is 217 g/mol. The molecule has 0 radical (unpaired) electrons. The van der Waals surface area contributed by atoms with E-state index in [0.29, 0.717) is 11.6 Å². The van der Waals surface area contributed by atoms with Crippen LogP contribution in [0.2, 0.25) is 0 Å². The maximum Gasteiger partial charge on any atom is 0.269 e. The lowest BCUT2D eigenvalue weighted by molar-refractivity contribution is -0.384. The lowest BCUT2D eigenvalue weighted by atomic mass is 10.1. The van der Waals surface area contributed by atoms with Crippen LogP contribution in [0.15, 0.2) is 24.3 Å². The third kappa shape index (κ3) is 2.35. The molecule has 0 aliphatic heterocycles. The first kappa shape index (κ1) is 10.6. The SMILES string of the molecule is N#CC(NC1CC1)c1cccc([N+](=O)[O-])c1. The third-order valence-electron chi connectivity index (χ3n) is 2.52. The maximum absolute atomic E-state index is 10.6. The number of non-ortho nitro benzene ring substituents is 1. The summed E-state index contributed by atoms with van der Waals surface area (Å²) in [4.78, 5) is 10.2. The summed E-state index contributed by atoms with van der Waals surface area (Å²) in [6, 6.07) is 8.27. The molecule has 1 saturated carbocycles. The molecule has 0 amide bonds. The molecular formula is C11H11N3O2. The second kappa shape index (κ2) is 4.29. The Hall–Kier alpha value is -1.93. The van der Waals surface area contributed by atoms with Crippen molar-refractivity contribution < 1.29 is 4.92 Å². The zero-order chi connectivity index (χ0) is 11.5. The highest BCUT2D eigenvalue weighted by molar-refractivity contribution is 5.37. The Labute approximate surface area is 92.8 Å². The molecule has 82 valence electrons. The Morgan fingerprint density at radius 1 is 1.56 bits per heavy atom. The van der Waals surface area contributed by atoms with E-state index in [1.165, 1.54) is 12.1 Å². The zero-order valence-corrected chi connectivity index (χ0v) is 8.59. The Kier molecular flexibility index (Phi) is 2.84. The molecule has 1 atom stereocenters. The van der Waals surface area contributed by atoms with E-state index in [4.69, 9.17) is 5.26 Å². The van der Waals surface area contributed by atoms with Crippen LogP contribution in [0.5, 0.6) is 0 Å². The fourth-order valence-corrected chi connectivity index (χ4v) is 1.51. The summed E-state index contributed by atoms with van der Waals surface area (Å²) in [6.07, 6.45) is 2.15. The van der Waals surface area contributed by atoms with E-state index in [1.54, 1.807) is 12.1 Å². The van der Waals surface area contributed by atoms with Gasteiger partial charge in [0.25, 0.3) is 5.69 Å². The first-order chi connectivity index (χ1) is 7.70. The second-order valence-electron chi connectivity index (χ2n) is 3.86. The molecule has 5 heteroatoms. The molecule has 1 aromatic carbocycles. The summed E-state index contributed by atoms with van der Waals surface area (Å²) >= 11 is 0. The van der Waals surface area contributed by atoms with Gasteiger partial charge in [-0.2, -0.15) is 5.26 Å². The predicted molar refractivity (Wildman–Crippen MR) is 57.6 cm³/mol. The summed E-state index contributed by atoms with van der Waals surface area (Å²) in [5.41, 5.74) is 0.680. The fraction of sp³-hybridized carbons (Fsp3) is 0.364. The number of benzene rings is 1. The van der Waals surface area contributed by atoms with Crippen molar-refractivity contribution in [3.8, 4) is 6.07 Å². The Balaban J connectivity index is 2.20. The molecule has 16 heavy (non-hydrogen) atoms. The van der Waals surface area contributed by atoms with E-state index >= 15 is 0 Å². The van der Waals surface area contributed by atoms with Crippen LogP contribution >= 0.6 is 0 Å². The molecule has 1 aromatic rings. The number of hydrogen-bond donors (Lipinski definition) is 1. The summed E-state index contributed by atoms with van der Waals surface area (Å²) in [5, 5.41) is 22.7. The van der Waals surface area contributed by atoms with Crippen LogP contribution in [-0.2, 0) is 0 Å². The van der Waals surface area contributed by atoms with Gasteiger partial charge in [0.2, 0.25) is 0 Å². The van der Waals surface area contributed by atoms with Crippen molar-refractivity contribution >= 4 is 5.69 Å². The number of nitrogens with one attached hydrogen (secondary N) is 1. The summed E-state index contributed by atoms with van der Waals surface area (Å²) in [5.74, 6) is 0. The van der Waals surface area contributed by atoms with Gasteiger partial charge in [-0.1, -0.05) is 12.1 Å². The van der Waals surface area contributed by atoms with Crippen LogP contribution in [-0.4, -0.2) is 11.0 Å². The number of hydrogen-bond acceptors (Lipinski definition) is 4. The Bertz CT molecular complexity index is 449. The molecule has 0 bridgehead atoms. The highest BCUT2D eigenvalue weighted by Gasteiger charge is 2.25. The van der Waals surface area contributed by atoms with Crippen LogP contribution in [0.4, 0.5) is 5.69 Å². The largest absolute Gasteiger partial charge is 0.295 e. The molecule has 0 aromatic heterocycles. The van der Waals surface area contributed by atoms with E-state index in [2.05, 4.69) is 11.4 Å². The molecule has 1 aliphatic carbocycles. The quantitative estimate of drug-likeness (QED) is 0.617. The molecule has 1 N–H and O–H groups in total. The van der Waals surface area contributed by atoms with Gasteiger partial charge < -0.3 is 0 Å². The van der Waals surface area contributed by atoms with Gasteiger partial charge in [-0.15, -0.1) is 0 Å². The lowest BCUT2D eigenvalue weighted by Crippen LogP contribution is -2.21. The second-order valence-corrected chi connectivity index (χ2v) is 3.86. The van der Waals surface area contributed by atoms with Crippen LogP contribution in [0, 0.1) is 21.4 Å². The smallest absolute Gasteiger partial charge is 0.269 e. The summed E-state index contributed by atoms with van der Waals surface area (Å²) < 4.78 is 0. The minimum atomic E-state index is -0.451. The minimum absolute atomic E-state index is 0.0235. The van der Waals surface area contributed by atoms with Crippen molar-refractivity contribution in [2.45, 2.75) is 24.9 Å². The molecule has 5 nitrogen and oxygen atoms in total. The standard InChI is InChI=1S/C11H11N3O2/c12-7-11(13-9-4-5-9)8-2-1-3-10(6-8)14(15)16/h1-3,6,9,11,13H,4-5H2. The van der Waals surface area contributed by atoms with Crippen molar-refractivity contribution in [2.24, 2.45) is 0 Å². The van der Waals surface area contributed by atoms with Crippen LogP contribution < -0.4 is 5.32 Å². The summed E-state index contributed by atoms with van der Waals surface area (Å²) in [6.45, 7) is 0. The lowest BCUT2D eigenvalue weighted by Gasteiger charge is -2.10.